The third kappa shape index (κ3) is 10.4. The predicted molar refractivity (Wildman–Crippen MR) is 141 cm³/mol. The first-order chi connectivity index (χ1) is 16.8. The fourth-order valence-corrected chi connectivity index (χ4v) is 3.37. The standard InChI is InChI=1S/2C16H13O.Pd/c2*17-13-16(11-14-7-3-1-4-8-14)12-15-9-5-2-6-10-15;/h2*1-11H,12H2;/q2*-1;+2. The first-order valence-corrected chi connectivity index (χ1v) is 11.1. The zero-order valence-electron chi connectivity index (χ0n) is 19.2. The van der Waals surface area contributed by atoms with Gasteiger partial charge >= 0.3 is 20.4 Å². The van der Waals surface area contributed by atoms with Gasteiger partial charge in [0.25, 0.3) is 0 Å². The van der Waals surface area contributed by atoms with Crippen LogP contribution >= 0.6 is 0 Å². The van der Waals surface area contributed by atoms with Crippen molar-refractivity contribution in [3.8, 4) is 0 Å². The minimum Gasteiger partial charge on any atom is -0.419 e. The quantitative estimate of drug-likeness (QED) is 0.137. The number of carbonyl (C=O) groups excluding carboxylic acids is 2. The molecule has 0 amide bonds. The van der Waals surface area contributed by atoms with Gasteiger partial charge in [0.05, 0.1) is 0 Å². The maximum Gasteiger partial charge on any atom is 2.00 e. The van der Waals surface area contributed by atoms with Gasteiger partial charge in [-0.1, -0.05) is 121 Å². The van der Waals surface area contributed by atoms with Gasteiger partial charge in [-0.3, -0.25) is 0 Å². The van der Waals surface area contributed by atoms with E-state index in [2.05, 4.69) is 0 Å². The summed E-state index contributed by atoms with van der Waals surface area (Å²) in [6.45, 7) is 0. The zero-order chi connectivity index (χ0) is 23.8. The van der Waals surface area contributed by atoms with Crippen molar-refractivity contribution < 1.29 is 30.0 Å². The van der Waals surface area contributed by atoms with Crippen LogP contribution in [0.5, 0.6) is 0 Å². The van der Waals surface area contributed by atoms with E-state index in [4.69, 9.17) is 0 Å². The van der Waals surface area contributed by atoms with Gasteiger partial charge in [-0.2, -0.15) is 23.3 Å². The molecule has 0 atom stereocenters. The second-order valence-electron chi connectivity index (χ2n) is 7.69. The van der Waals surface area contributed by atoms with Gasteiger partial charge in [0.2, 0.25) is 0 Å². The Balaban J connectivity index is 0.000000240. The van der Waals surface area contributed by atoms with E-state index in [1.54, 1.807) is 0 Å². The SMILES string of the molecule is O=[C-]C(=Cc1ccccc1)Cc1ccccc1.O=[C-]C(=Cc1ccccc1)Cc1ccccc1.[Pd+2]. The van der Waals surface area contributed by atoms with E-state index in [0.717, 1.165) is 22.3 Å². The number of rotatable bonds is 8. The van der Waals surface area contributed by atoms with Crippen LogP contribution in [0.25, 0.3) is 12.2 Å². The van der Waals surface area contributed by atoms with Gasteiger partial charge in [0, 0.05) is 0 Å². The Morgan fingerprint density at radius 1 is 0.486 bits per heavy atom. The average Bonchev–Trinajstić information content (AvgIpc) is 2.91. The average molecular weight is 549 g/mol. The second kappa shape index (κ2) is 16.1. The summed E-state index contributed by atoms with van der Waals surface area (Å²) in [5, 5.41) is 0. The van der Waals surface area contributed by atoms with Crippen molar-refractivity contribution in [2.75, 3.05) is 0 Å². The fraction of sp³-hybridized carbons (Fsp3) is 0.0625. The number of hydrogen-bond acceptors (Lipinski definition) is 2. The molecule has 176 valence electrons. The maximum atomic E-state index is 10.9. The molecule has 0 unspecified atom stereocenters. The number of hydrogen-bond donors (Lipinski definition) is 0. The largest absolute Gasteiger partial charge is 2.00 e. The van der Waals surface area contributed by atoms with E-state index in [9.17, 15) is 9.59 Å². The minimum atomic E-state index is 0. The molecule has 0 radical (unpaired) electrons. The van der Waals surface area contributed by atoms with Gasteiger partial charge in [-0.25, -0.2) is 0 Å². The molecule has 35 heavy (non-hydrogen) atoms. The molecule has 0 N–H and O–H groups in total. The van der Waals surface area contributed by atoms with Crippen molar-refractivity contribution in [1.82, 2.24) is 0 Å². The summed E-state index contributed by atoms with van der Waals surface area (Å²) >= 11 is 0. The Morgan fingerprint density at radius 3 is 1.06 bits per heavy atom. The zero-order valence-corrected chi connectivity index (χ0v) is 20.8. The van der Waals surface area contributed by atoms with Crippen molar-refractivity contribution in [2.24, 2.45) is 0 Å². The molecule has 4 aromatic rings. The predicted octanol–water partition coefficient (Wildman–Crippen LogP) is 6.84. The molecule has 0 aromatic heterocycles. The van der Waals surface area contributed by atoms with Crippen LogP contribution in [-0.2, 0) is 42.9 Å². The Kier molecular flexibility index (Phi) is 12.7. The van der Waals surface area contributed by atoms with Crippen molar-refractivity contribution in [3.05, 3.63) is 155 Å². The first-order valence-electron chi connectivity index (χ1n) is 11.1. The normalized spacial score (nSPS) is 10.9. The molecule has 0 aliphatic rings. The second-order valence-corrected chi connectivity index (χ2v) is 7.69. The van der Waals surface area contributed by atoms with E-state index in [1.165, 1.54) is 0 Å². The summed E-state index contributed by atoms with van der Waals surface area (Å²) in [5.74, 6) is 0. The summed E-state index contributed by atoms with van der Waals surface area (Å²) in [4.78, 5) is 21.8. The summed E-state index contributed by atoms with van der Waals surface area (Å²) in [7, 11) is 0. The molecule has 0 heterocycles. The van der Waals surface area contributed by atoms with Gasteiger partial charge in [-0.05, 0) is 36.5 Å². The monoisotopic (exact) mass is 548 g/mol. The molecule has 2 nitrogen and oxygen atoms in total. The van der Waals surface area contributed by atoms with Crippen LogP contribution in [-0.4, -0.2) is 12.6 Å². The summed E-state index contributed by atoms with van der Waals surface area (Å²) in [5.41, 5.74) is 5.64. The minimum absolute atomic E-state index is 0. The van der Waals surface area contributed by atoms with E-state index >= 15 is 0 Å². The van der Waals surface area contributed by atoms with E-state index < -0.39 is 0 Å². The van der Waals surface area contributed by atoms with E-state index in [0.29, 0.717) is 24.0 Å². The van der Waals surface area contributed by atoms with Gasteiger partial charge in [0.15, 0.2) is 0 Å². The van der Waals surface area contributed by atoms with Crippen LogP contribution in [0.3, 0.4) is 0 Å². The fourth-order valence-electron chi connectivity index (χ4n) is 3.37. The maximum absolute atomic E-state index is 10.9. The molecule has 0 saturated carbocycles. The van der Waals surface area contributed by atoms with Gasteiger partial charge < -0.3 is 9.59 Å². The van der Waals surface area contributed by atoms with Gasteiger partial charge in [0.1, 0.15) is 0 Å². The van der Waals surface area contributed by atoms with Crippen molar-refractivity contribution in [3.63, 3.8) is 0 Å². The molecule has 0 aliphatic heterocycles. The van der Waals surface area contributed by atoms with Gasteiger partial charge in [-0.15, -0.1) is 11.1 Å². The number of allylic oxidation sites excluding steroid dienone is 2. The van der Waals surface area contributed by atoms with Crippen molar-refractivity contribution in [2.45, 2.75) is 12.8 Å². The van der Waals surface area contributed by atoms with Crippen LogP contribution in [0, 0.1) is 0 Å². The first kappa shape index (κ1) is 27.6. The summed E-state index contributed by atoms with van der Waals surface area (Å²) in [6.07, 6.45) is 9.02. The summed E-state index contributed by atoms with van der Waals surface area (Å²) < 4.78 is 0. The molecular weight excluding hydrogens is 523 g/mol. The Morgan fingerprint density at radius 2 is 0.771 bits per heavy atom. The molecular formula is C32H26O2Pd. The van der Waals surface area contributed by atoms with Crippen LogP contribution in [0.2, 0.25) is 0 Å². The van der Waals surface area contributed by atoms with Crippen molar-refractivity contribution >= 4 is 24.7 Å². The Hall–Kier alpha value is -3.64. The molecule has 4 aromatic carbocycles. The van der Waals surface area contributed by atoms with Crippen LogP contribution < -0.4 is 0 Å². The molecule has 0 aliphatic carbocycles. The van der Waals surface area contributed by atoms with Crippen LogP contribution in [0.15, 0.2) is 132 Å². The smallest absolute Gasteiger partial charge is 0.419 e. The molecule has 0 spiro atoms. The molecule has 0 fully saturated rings. The number of benzene rings is 4. The summed E-state index contributed by atoms with van der Waals surface area (Å²) in [6, 6.07) is 39.5. The Labute approximate surface area is 221 Å². The van der Waals surface area contributed by atoms with Crippen LogP contribution in [0.1, 0.15) is 22.3 Å². The molecule has 3 heteroatoms. The Bertz CT molecular complexity index is 1100. The molecule has 0 saturated heterocycles. The van der Waals surface area contributed by atoms with Crippen molar-refractivity contribution in [1.29, 1.82) is 0 Å². The van der Waals surface area contributed by atoms with E-state index in [-0.39, 0.29) is 20.4 Å². The topological polar surface area (TPSA) is 34.1 Å². The molecule has 4 rings (SSSR count). The van der Waals surface area contributed by atoms with E-state index in [1.807, 2.05) is 146 Å². The third-order valence-corrected chi connectivity index (χ3v) is 5.02. The van der Waals surface area contributed by atoms with Crippen LogP contribution in [0.4, 0.5) is 0 Å². The molecule has 0 bridgehead atoms. The third-order valence-electron chi connectivity index (χ3n) is 5.02.